The van der Waals surface area contributed by atoms with Gasteiger partial charge >= 0.3 is 5.97 Å². The van der Waals surface area contributed by atoms with E-state index in [-0.39, 0.29) is 18.0 Å². The van der Waals surface area contributed by atoms with Gasteiger partial charge in [-0.1, -0.05) is 43.3 Å². The Balaban J connectivity index is 2.27. The first-order chi connectivity index (χ1) is 8.63. The molecule has 1 aromatic carbocycles. The van der Waals surface area contributed by atoms with Crippen LogP contribution < -0.4 is 0 Å². The Labute approximate surface area is 107 Å². The Hall–Kier alpha value is -1.61. The monoisotopic (exact) mass is 246 g/mol. The molecule has 0 radical (unpaired) electrons. The first kappa shape index (κ1) is 12.8. The van der Waals surface area contributed by atoms with E-state index in [1.54, 1.807) is 0 Å². The lowest BCUT2D eigenvalue weighted by atomic mass is 9.91. The summed E-state index contributed by atoms with van der Waals surface area (Å²) >= 11 is 0. The molecule has 96 valence electrons. The average molecular weight is 246 g/mol. The van der Waals surface area contributed by atoms with Crippen LogP contribution in [0.15, 0.2) is 42.0 Å². The van der Waals surface area contributed by atoms with E-state index in [1.165, 1.54) is 7.11 Å². The van der Waals surface area contributed by atoms with Gasteiger partial charge < -0.3 is 9.47 Å². The molecule has 2 rings (SSSR count). The Kier molecular flexibility index (Phi) is 3.82. The van der Waals surface area contributed by atoms with Crippen molar-refractivity contribution in [3.63, 3.8) is 0 Å². The van der Waals surface area contributed by atoms with Crippen LogP contribution in [0.1, 0.15) is 25.5 Å². The summed E-state index contributed by atoms with van der Waals surface area (Å²) in [6.07, 6.45) is 1.40. The summed E-state index contributed by atoms with van der Waals surface area (Å²) in [5.41, 5.74) is 2.00. The molecule has 0 unspecified atom stereocenters. The number of benzene rings is 1. The van der Waals surface area contributed by atoms with Gasteiger partial charge in [0.2, 0.25) is 0 Å². The first-order valence-electron chi connectivity index (χ1n) is 6.10. The van der Waals surface area contributed by atoms with Crippen LogP contribution in [-0.2, 0) is 14.3 Å². The van der Waals surface area contributed by atoms with Gasteiger partial charge in [0.05, 0.1) is 13.2 Å². The second kappa shape index (κ2) is 5.36. The first-order valence-corrected chi connectivity index (χ1v) is 6.10. The second-order valence-electron chi connectivity index (χ2n) is 4.64. The molecule has 0 fully saturated rings. The molecule has 0 aliphatic carbocycles. The SMILES string of the molecule is COC(=O)[C@@H]1O[C@H](c2ccccc2)[C@@H](C)C=C1C. The highest BCUT2D eigenvalue weighted by molar-refractivity contribution is 5.78. The standard InChI is InChI=1S/C15H18O3/c1-10-9-11(2)14(15(16)17-3)18-13(10)12-7-5-4-6-8-12/h4-10,13-14H,1-3H3/t10-,13-,14+/m0/s1. The molecule has 3 heteroatoms. The number of methoxy groups -OCH3 is 1. The molecule has 0 amide bonds. The fourth-order valence-electron chi connectivity index (χ4n) is 2.34. The van der Waals surface area contributed by atoms with Crippen molar-refractivity contribution in [1.29, 1.82) is 0 Å². The van der Waals surface area contributed by atoms with E-state index in [0.717, 1.165) is 11.1 Å². The largest absolute Gasteiger partial charge is 0.467 e. The minimum Gasteiger partial charge on any atom is -0.467 e. The zero-order valence-corrected chi connectivity index (χ0v) is 10.9. The molecule has 18 heavy (non-hydrogen) atoms. The third-order valence-electron chi connectivity index (χ3n) is 3.24. The van der Waals surface area contributed by atoms with Gasteiger partial charge in [-0.15, -0.1) is 0 Å². The van der Waals surface area contributed by atoms with Crippen molar-refractivity contribution in [2.45, 2.75) is 26.1 Å². The third kappa shape index (κ3) is 2.46. The lowest BCUT2D eigenvalue weighted by Gasteiger charge is -2.32. The highest BCUT2D eigenvalue weighted by Gasteiger charge is 2.33. The minimum absolute atomic E-state index is 0.0981. The third-order valence-corrected chi connectivity index (χ3v) is 3.24. The summed E-state index contributed by atoms with van der Waals surface area (Å²) in [5, 5.41) is 0. The topological polar surface area (TPSA) is 35.5 Å². The van der Waals surface area contributed by atoms with Gasteiger partial charge in [-0.3, -0.25) is 0 Å². The Bertz CT molecular complexity index is 450. The smallest absolute Gasteiger partial charge is 0.339 e. The van der Waals surface area contributed by atoms with Crippen molar-refractivity contribution < 1.29 is 14.3 Å². The van der Waals surface area contributed by atoms with Crippen molar-refractivity contribution in [3.8, 4) is 0 Å². The predicted octanol–water partition coefficient (Wildman–Crippen LogP) is 2.88. The van der Waals surface area contributed by atoms with Gasteiger partial charge in [0.15, 0.2) is 6.10 Å². The van der Waals surface area contributed by atoms with Crippen molar-refractivity contribution in [2.75, 3.05) is 7.11 Å². The summed E-state index contributed by atoms with van der Waals surface area (Å²) in [6, 6.07) is 9.96. The van der Waals surface area contributed by atoms with Crippen molar-refractivity contribution in [1.82, 2.24) is 0 Å². The Morgan fingerprint density at radius 2 is 1.94 bits per heavy atom. The maximum atomic E-state index is 11.7. The van der Waals surface area contributed by atoms with Gasteiger partial charge in [0.1, 0.15) is 0 Å². The number of ether oxygens (including phenoxy) is 2. The van der Waals surface area contributed by atoms with E-state index >= 15 is 0 Å². The molecule has 1 heterocycles. The number of carbonyl (C=O) groups is 1. The predicted molar refractivity (Wildman–Crippen MR) is 69.0 cm³/mol. The number of carbonyl (C=O) groups excluding carboxylic acids is 1. The molecule has 1 aliphatic rings. The van der Waals surface area contributed by atoms with Gasteiger partial charge in [-0.25, -0.2) is 4.79 Å². The summed E-state index contributed by atoms with van der Waals surface area (Å²) in [4.78, 5) is 11.7. The molecule has 0 saturated carbocycles. The van der Waals surface area contributed by atoms with E-state index in [9.17, 15) is 4.79 Å². The molecule has 0 N–H and O–H groups in total. The van der Waals surface area contributed by atoms with Crippen molar-refractivity contribution >= 4 is 5.97 Å². The maximum Gasteiger partial charge on any atom is 0.339 e. The summed E-state index contributed by atoms with van der Waals surface area (Å²) < 4.78 is 10.7. The van der Waals surface area contributed by atoms with E-state index in [2.05, 4.69) is 13.0 Å². The Morgan fingerprint density at radius 1 is 1.28 bits per heavy atom. The molecule has 1 aromatic rings. The number of rotatable bonds is 2. The summed E-state index contributed by atoms with van der Waals surface area (Å²) in [6.45, 7) is 3.99. The van der Waals surface area contributed by atoms with Crippen molar-refractivity contribution in [3.05, 3.63) is 47.5 Å². The van der Waals surface area contributed by atoms with Crippen LogP contribution in [0.5, 0.6) is 0 Å². The summed E-state index contributed by atoms with van der Waals surface area (Å²) in [7, 11) is 1.38. The van der Waals surface area contributed by atoms with Gasteiger partial charge in [-0.05, 0) is 18.1 Å². The zero-order chi connectivity index (χ0) is 13.1. The lowest BCUT2D eigenvalue weighted by molar-refractivity contribution is -0.157. The fourth-order valence-corrected chi connectivity index (χ4v) is 2.34. The zero-order valence-electron chi connectivity index (χ0n) is 10.9. The van der Waals surface area contributed by atoms with Crippen molar-refractivity contribution in [2.24, 2.45) is 5.92 Å². The van der Waals surface area contributed by atoms with Crippen LogP contribution in [0.2, 0.25) is 0 Å². The van der Waals surface area contributed by atoms with Gasteiger partial charge in [-0.2, -0.15) is 0 Å². The molecular formula is C15H18O3. The molecule has 0 bridgehead atoms. The van der Waals surface area contributed by atoms with Gasteiger partial charge in [0, 0.05) is 5.92 Å². The molecular weight excluding hydrogens is 228 g/mol. The molecule has 3 atom stereocenters. The second-order valence-corrected chi connectivity index (χ2v) is 4.64. The fraction of sp³-hybridized carbons (Fsp3) is 0.400. The van der Waals surface area contributed by atoms with Crippen LogP contribution >= 0.6 is 0 Å². The highest BCUT2D eigenvalue weighted by atomic mass is 16.6. The Morgan fingerprint density at radius 3 is 2.56 bits per heavy atom. The maximum absolute atomic E-state index is 11.7. The molecule has 0 spiro atoms. The molecule has 0 aromatic heterocycles. The van der Waals surface area contributed by atoms with Gasteiger partial charge in [0.25, 0.3) is 0 Å². The molecule has 3 nitrogen and oxygen atoms in total. The number of esters is 1. The lowest BCUT2D eigenvalue weighted by Crippen LogP contribution is -2.34. The van der Waals surface area contributed by atoms with Crippen LogP contribution in [0.4, 0.5) is 0 Å². The van der Waals surface area contributed by atoms with E-state index < -0.39 is 6.10 Å². The highest BCUT2D eigenvalue weighted by Crippen LogP contribution is 2.35. The normalized spacial score (nSPS) is 27.5. The molecule has 0 saturated heterocycles. The number of hydrogen-bond acceptors (Lipinski definition) is 3. The van der Waals surface area contributed by atoms with Crippen LogP contribution in [0.3, 0.4) is 0 Å². The van der Waals surface area contributed by atoms with E-state index in [0.29, 0.717) is 0 Å². The minimum atomic E-state index is -0.587. The average Bonchev–Trinajstić information content (AvgIpc) is 2.39. The van der Waals surface area contributed by atoms with Crippen LogP contribution in [0, 0.1) is 5.92 Å². The molecule has 1 aliphatic heterocycles. The quantitative estimate of drug-likeness (QED) is 0.594. The van der Waals surface area contributed by atoms with E-state index in [1.807, 2.05) is 37.3 Å². The number of hydrogen-bond donors (Lipinski definition) is 0. The van der Waals surface area contributed by atoms with E-state index in [4.69, 9.17) is 9.47 Å². The van der Waals surface area contributed by atoms with Crippen LogP contribution in [-0.4, -0.2) is 19.2 Å². The summed E-state index contributed by atoms with van der Waals surface area (Å²) in [5.74, 6) is -0.0927. The van der Waals surface area contributed by atoms with Crippen LogP contribution in [0.25, 0.3) is 0 Å².